The molecule has 1 amide bonds. The number of hydrogen-bond donors (Lipinski definition) is 1. The molecular weight excluding hydrogens is 422 g/mol. The van der Waals surface area contributed by atoms with Crippen LogP contribution in [0.25, 0.3) is 10.2 Å². The van der Waals surface area contributed by atoms with Gasteiger partial charge < -0.3 is 14.8 Å². The maximum Gasteiger partial charge on any atom is 0.272 e. The number of unbranched alkanes of at least 4 members (excludes halogenated alkanes) is 1. The van der Waals surface area contributed by atoms with Gasteiger partial charge in [0.25, 0.3) is 5.56 Å². The van der Waals surface area contributed by atoms with Gasteiger partial charge in [0.15, 0.2) is 16.7 Å². The van der Waals surface area contributed by atoms with Gasteiger partial charge in [0.2, 0.25) is 5.91 Å². The summed E-state index contributed by atoms with van der Waals surface area (Å²) in [6.07, 6.45) is 1.86. The topological polar surface area (TPSA) is 82.5 Å². The molecule has 160 valence electrons. The molecule has 0 unspecified atom stereocenters. The van der Waals surface area contributed by atoms with Gasteiger partial charge >= 0.3 is 0 Å². The summed E-state index contributed by atoms with van der Waals surface area (Å²) >= 11 is 2.69. The quantitative estimate of drug-likeness (QED) is 0.377. The second kappa shape index (κ2) is 10.5. The van der Waals surface area contributed by atoms with Crippen molar-refractivity contribution in [3.63, 3.8) is 0 Å². The van der Waals surface area contributed by atoms with Crippen LogP contribution in [0.4, 0.5) is 0 Å². The average Bonchev–Trinajstić information content (AvgIpc) is 3.24. The largest absolute Gasteiger partial charge is 0.493 e. The maximum atomic E-state index is 12.8. The van der Waals surface area contributed by atoms with Crippen molar-refractivity contribution in [2.24, 2.45) is 0 Å². The summed E-state index contributed by atoms with van der Waals surface area (Å²) < 4.78 is 12.9. The van der Waals surface area contributed by atoms with Crippen LogP contribution in [0.1, 0.15) is 25.3 Å². The molecule has 3 aromatic rings. The summed E-state index contributed by atoms with van der Waals surface area (Å²) in [4.78, 5) is 29.8. The van der Waals surface area contributed by atoms with Crippen molar-refractivity contribution in [1.29, 1.82) is 0 Å². The molecule has 7 nitrogen and oxygen atoms in total. The average molecular weight is 448 g/mol. The van der Waals surface area contributed by atoms with E-state index in [1.165, 1.54) is 23.1 Å². The van der Waals surface area contributed by atoms with Crippen LogP contribution < -0.4 is 20.3 Å². The number of nitrogens with one attached hydrogen (secondary N) is 1. The number of benzene rings is 1. The molecule has 0 aliphatic heterocycles. The molecule has 30 heavy (non-hydrogen) atoms. The van der Waals surface area contributed by atoms with Crippen LogP contribution in [0.2, 0.25) is 0 Å². The molecular formula is C21H25N3O4S2. The van der Waals surface area contributed by atoms with Crippen LogP contribution in [0.5, 0.6) is 11.5 Å². The van der Waals surface area contributed by atoms with Crippen molar-refractivity contribution in [2.45, 2.75) is 38.0 Å². The van der Waals surface area contributed by atoms with Gasteiger partial charge in [-0.1, -0.05) is 31.2 Å². The fourth-order valence-electron chi connectivity index (χ4n) is 2.92. The number of methoxy groups -OCH3 is 2. The van der Waals surface area contributed by atoms with E-state index in [1.807, 2.05) is 29.6 Å². The van der Waals surface area contributed by atoms with Crippen molar-refractivity contribution in [2.75, 3.05) is 20.0 Å². The van der Waals surface area contributed by atoms with Crippen LogP contribution in [-0.2, 0) is 17.9 Å². The number of carbonyl (C=O) groups is 1. The number of fused-ring (bicyclic) bond motifs is 1. The molecule has 0 saturated carbocycles. The Hall–Kier alpha value is -2.52. The van der Waals surface area contributed by atoms with Crippen LogP contribution in [0, 0.1) is 0 Å². The standard InChI is InChI=1S/C21H25N3O4S2/c1-4-5-9-24-20(26)19-15(8-10-29-19)23-21(24)30-13-18(25)22-12-14-6-7-16(27-2)17(11-14)28-3/h6-8,10-11H,4-5,9,12-13H2,1-3H3,(H,22,25). The SMILES string of the molecule is CCCCn1c(SCC(=O)NCc2ccc(OC)c(OC)c2)nc2ccsc2c1=O. The lowest BCUT2D eigenvalue weighted by Gasteiger charge is -2.12. The number of thiophene rings is 1. The van der Waals surface area contributed by atoms with Gasteiger partial charge in [-0.25, -0.2) is 4.98 Å². The molecule has 0 fully saturated rings. The number of thioether (sulfide) groups is 1. The third-order valence-corrected chi connectivity index (χ3v) is 6.40. The Morgan fingerprint density at radius 2 is 2.03 bits per heavy atom. The first-order valence-electron chi connectivity index (χ1n) is 9.65. The number of nitrogens with zero attached hydrogens (tertiary/aromatic N) is 2. The third-order valence-electron chi connectivity index (χ3n) is 4.54. The molecule has 0 atom stereocenters. The number of rotatable bonds is 10. The molecule has 0 radical (unpaired) electrons. The van der Waals surface area contributed by atoms with Gasteiger partial charge in [0.1, 0.15) is 4.70 Å². The number of ether oxygens (including phenoxy) is 2. The predicted octanol–water partition coefficient (Wildman–Crippen LogP) is 3.68. The summed E-state index contributed by atoms with van der Waals surface area (Å²) in [6, 6.07) is 7.36. The minimum atomic E-state index is -0.128. The molecule has 0 spiro atoms. The molecule has 1 aromatic carbocycles. The predicted molar refractivity (Wildman–Crippen MR) is 121 cm³/mol. The summed E-state index contributed by atoms with van der Waals surface area (Å²) in [7, 11) is 3.16. The molecule has 0 bridgehead atoms. The van der Waals surface area contributed by atoms with Crippen molar-refractivity contribution in [3.8, 4) is 11.5 Å². The highest BCUT2D eigenvalue weighted by Crippen LogP contribution is 2.27. The molecule has 0 aliphatic rings. The van der Waals surface area contributed by atoms with Crippen molar-refractivity contribution in [1.82, 2.24) is 14.9 Å². The van der Waals surface area contributed by atoms with E-state index in [-0.39, 0.29) is 17.2 Å². The summed E-state index contributed by atoms with van der Waals surface area (Å²) in [5.74, 6) is 1.31. The van der Waals surface area contributed by atoms with Crippen molar-refractivity contribution >= 4 is 39.2 Å². The van der Waals surface area contributed by atoms with Crippen molar-refractivity contribution < 1.29 is 14.3 Å². The number of carbonyl (C=O) groups excluding carboxylic acids is 1. The monoisotopic (exact) mass is 447 g/mol. The van der Waals surface area contributed by atoms with Crippen LogP contribution in [-0.4, -0.2) is 35.4 Å². The zero-order valence-corrected chi connectivity index (χ0v) is 18.9. The molecule has 0 aliphatic carbocycles. The number of hydrogen-bond acceptors (Lipinski definition) is 7. The Morgan fingerprint density at radius 3 is 2.77 bits per heavy atom. The Morgan fingerprint density at radius 1 is 1.23 bits per heavy atom. The van der Waals surface area contributed by atoms with E-state index in [1.54, 1.807) is 18.8 Å². The van der Waals surface area contributed by atoms with E-state index in [9.17, 15) is 9.59 Å². The second-order valence-electron chi connectivity index (χ2n) is 6.59. The van der Waals surface area contributed by atoms with Gasteiger partial charge in [0.05, 0.1) is 25.5 Å². The Labute approximate surface area is 183 Å². The van der Waals surface area contributed by atoms with E-state index in [0.29, 0.717) is 40.0 Å². The fourth-order valence-corrected chi connectivity index (χ4v) is 4.55. The lowest BCUT2D eigenvalue weighted by molar-refractivity contribution is -0.118. The first kappa shape index (κ1) is 22.2. The van der Waals surface area contributed by atoms with Gasteiger partial charge in [-0.3, -0.25) is 14.2 Å². The first-order chi connectivity index (χ1) is 14.6. The molecule has 2 aromatic heterocycles. The van der Waals surface area contributed by atoms with E-state index in [2.05, 4.69) is 17.2 Å². The molecule has 3 rings (SSSR count). The highest BCUT2D eigenvalue weighted by molar-refractivity contribution is 7.99. The Bertz CT molecular complexity index is 1080. The lowest BCUT2D eigenvalue weighted by atomic mass is 10.2. The lowest BCUT2D eigenvalue weighted by Crippen LogP contribution is -2.26. The normalized spacial score (nSPS) is 10.9. The molecule has 2 heterocycles. The molecule has 0 saturated heterocycles. The molecule has 9 heteroatoms. The summed E-state index contributed by atoms with van der Waals surface area (Å²) in [5, 5.41) is 5.35. The smallest absolute Gasteiger partial charge is 0.272 e. The number of aromatic nitrogens is 2. The Kier molecular flexibility index (Phi) is 7.75. The molecule has 1 N–H and O–H groups in total. The van der Waals surface area contributed by atoms with Gasteiger partial charge in [0, 0.05) is 13.1 Å². The Balaban J connectivity index is 1.65. The van der Waals surface area contributed by atoms with E-state index < -0.39 is 0 Å². The minimum absolute atomic E-state index is 0.0308. The highest BCUT2D eigenvalue weighted by Gasteiger charge is 2.14. The minimum Gasteiger partial charge on any atom is -0.493 e. The second-order valence-corrected chi connectivity index (χ2v) is 8.45. The van der Waals surface area contributed by atoms with Crippen LogP contribution in [0.3, 0.4) is 0 Å². The van der Waals surface area contributed by atoms with Crippen LogP contribution >= 0.6 is 23.1 Å². The van der Waals surface area contributed by atoms with E-state index in [4.69, 9.17) is 9.47 Å². The van der Waals surface area contributed by atoms with Gasteiger partial charge in [-0.2, -0.15) is 0 Å². The van der Waals surface area contributed by atoms with E-state index in [0.717, 1.165) is 18.4 Å². The van der Waals surface area contributed by atoms with E-state index >= 15 is 0 Å². The van der Waals surface area contributed by atoms with Crippen LogP contribution in [0.15, 0.2) is 39.6 Å². The zero-order chi connectivity index (χ0) is 21.5. The fraction of sp³-hybridized carbons (Fsp3) is 0.381. The third kappa shape index (κ3) is 5.14. The van der Waals surface area contributed by atoms with Gasteiger partial charge in [-0.05, 0) is 35.6 Å². The van der Waals surface area contributed by atoms with Gasteiger partial charge in [-0.15, -0.1) is 11.3 Å². The highest BCUT2D eigenvalue weighted by atomic mass is 32.2. The summed E-state index contributed by atoms with van der Waals surface area (Å²) in [6.45, 7) is 3.06. The number of amides is 1. The zero-order valence-electron chi connectivity index (χ0n) is 17.3. The first-order valence-corrected chi connectivity index (χ1v) is 11.5. The summed E-state index contributed by atoms with van der Waals surface area (Å²) in [5.41, 5.74) is 1.56. The van der Waals surface area contributed by atoms with Crippen molar-refractivity contribution in [3.05, 3.63) is 45.6 Å². The maximum absolute atomic E-state index is 12.8.